The average Bonchev–Trinajstić information content (AvgIpc) is 2.29. The first-order chi connectivity index (χ1) is 7.30. The second-order valence-corrected chi connectivity index (χ2v) is 4.47. The molecular formula is C12H25NO2. The SMILES string of the molecule is CCC1CCN(CC(COC)OC)CC1. The van der Waals surface area contributed by atoms with Crippen molar-refractivity contribution >= 4 is 0 Å². The highest BCUT2D eigenvalue weighted by Gasteiger charge is 2.20. The number of ether oxygens (including phenoxy) is 2. The Balaban J connectivity index is 2.21. The summed E-state index contributed by atoms with van der Waals surface area (Å²) in [5.74, 6) is 0.949. The number of hydrogen-bond donors (Lipinski definition) is 0. The van der Waals surface area contributed by atoms with Crippen LogP contribution in [0.4, 0.5) is 0 Å². The van der Waals surface area contributed by atoms with Crippen LogP contribution in [0.25, 0.3) is 0 Å². The molecule has 1 aliphatic rings. The third-order valence-electron chi connectivity index (χ3n) is 3.43. The molecule has 0 radical (unpaired) electrons. The summed E-state index contributed by atoms with van der Waals surface area (Å²) >= 11 is 0. The molecule has 1 unspecified atom stereocenters. The predicted molar refractivity (Wildman–Crippen MR) is 62.1 cm³/mol. The Hall–Kier alpha value is -0.120. The fourth-order valence-corrected chi connectivity index (χ4v) is 2.25. The van der Waals surface area contributed by atoms with Gasteiger partial charge in [-0.3, -0.25) is 0 Å². The summed E-state index contributed by atoms with van der Waals surface area (Å²) in [6.07, 6.45) is 4.26. The zero-order valence-electron chi connectivity index (χ0n) is 10.4. The van der Waals surface area contributed by atoms with Crippen LogP contribution in [0.5, 0.6) is 0 Å². The highest BCUT2D eigenvalue weighted by atomic mass is 16.5. The van der Waals surface area contributed by atoms with E-state index in [0.29, 0.717) is 6.61 Å². The van der Waals surface area contributed by atoms with Crippen LogP contribution < -0.4 is 0 Å². The number of piperidine rings is 1. The highest BCUT2D eigenvalue weighted by Crippen LogP contribution is 2.20. The summed E-state index contributed by atoms with van der Waals surface area (Å²) in [6, 6.07) is 0. The fraction of sp³-hybridized carbons (Fsp3) is 1.00. The molecular weight excluding hydrogens is 190 g/mol. The topological polar surface area (TPSA) is 21.7 Å². The van der Waals surface area contributed by atoms with Gasteiger partial charge in [0, 0.05) is 20.8 Å². The van der Waals surface area contributed by atoms with E-state index < -0.39 is 0 Å². The number of nitrogens with zero attached hydrogens (tertiary/aromatic N) is 1. The number of methoxy groups -OCH3 is 2. The predicted octanol–water partition coefficient (Wildman–Crippen LogP) is 1.77. The Bertz CT molecular complexity index is 156. The first kappa shape index (κ1) is 12.9. The number of rotatable bonds is 6. The molecule has 0 aromatic carbocycles. The van der Waals surface area contributed by atoms with Gasteiger partial charge in [0.1, 0.15) is 0 Å². The quantitative estimate of drug-likeness (QED) is 0.674. The molecule has 1 atom stereocenters. The van der Waals surface area contributed by atoms with Crippen molar-refractivity contribution in [1.29, 1.82) is 0 Å². The van der Waals surface area contributed by atoms with Crippen LogP contribution in [0.1, 0.15) is 26.2 Å². The molecule has 3 nitrogen and oxygen atoms in total. The third-order valence-corrected chi connectivity index (χ3v) is 3.43. The van der Waals surface area contributed by atoms with Gasteiger partial charge in [-0.2, -0.15) is 0 Å². The van der Waals surface area contributed by atoms with Crippen molar-refractivity contribution in [1.82, 2.24) is 4.90 Å². The smallest absolute Gasteiger partial charge is 0.0931 e. The molecule has 0 bridgehead atoms. The Labute approximate surface area is 93.7 Å². The van der Waals surface area contributed by atoms with Crippen molar-refractivity contribution < 1.29 is 9.47 Å². The molecule has 1 rings (SSSR count). The van der Waals surface area contributed by atoms with Gasteiger partial charge in [-0.15, -0.1) is 0 Å². The zero-order chi connectivity index (χ0) is 11.1. The second kappa shape index (κ2) is 7.20. The average molecular weight is 215 g/mol. The molecule has 1 fully saturated rings. The van der Waals surface area contributed by atoms with Crippen LogP contribution in [0, 0.1) is 5.92 Å². The van der Waals surface area contributed by atoms with Crippen LogP contribution in [0.2, 0.25) is 0 Å². The van der Waals surface area contributed by atoms with Gasteiger partial charge >= 0.3 is 0 Å². The number of hydrogen-bond acceptors (Lipinski definition) is 3. The minimum atomic E-state index is 0.230. The van der Waals surface area contributed by atoms with E-state index in [-0.39, 0.29) is 6.10 Å². The van der Waals surface area contributed by atoms with Crippen molar-refractivity contribution in [3.05, 3.63) is 0 Å². The van der Waals surface area contributed by atoms with Gasteiger partial charge in [0.25, 0.3) is 0 Å². The first-order valence-corrected chi connectivity index (χ1v) is 6.04. The van der Waals surface area contributed by atoms with Gasteiger partial charge in [0.05, 0.1) is 12.7 Å². The minimum Gasteiger partial charge on any atom is -0.382 e. The molecule has 1 saturated heterocycles. The summed E-state index contributed by atoms with van der Waals surface area (Å²) in [7, 11) is 3.50. The van der Waals surface area contributed by atoms with Crippen LogP contribution in [-0.2, 0) is 9.47 Å². The van der Waals surface area contributed by atoms with Gasteiger partial charge in [-0.05, 0) is 31.8 Å². The summed E-state index contributed by atoms with van der Waals surface area (Å²) < 4.78 is 10.5. The lowest BCUT2D eigenvalue weighted by Crippen LogP contribution is -2.40. The van der Waals surface area contributed by atoms with E-state index in [1.807, 2.05) is 0 Å². The maximum Gasteiger partial charge on any atom is 0.0931 e. The molecule has 0 spiro atoms. The van der Waals surface area contributed by atoms with E-state index >= 15 is 0 Å². The van der Waals surface area contributed by atoms with E-state index in [4.69, 9.17) is 9.47 Å². The van der Waals surface area contributed by atoms with Crippen LogP contribution in [0.15, 0.2) is 0 Å². The maximum absolute atomic E-state index is 5.38. The molecule has 0 aliphatic carbocycles. The summed E-state index contributed by atoms with van der Waals surface area (Å²) in [5.41, 5.74) is 0. The van der Waals surface area contributed by atoms with E-state index in [0.717, 1.165) is 12.5 Å². The van der Waals surface area contributed by atoms with Gasteiger partial charge in [-0.25, -0.2) is 0 Å². The van der Waals surface area contributed by atoms with Crippen LogP contribution in [0.3, 0.4) is 0 Å². The lowest BCUT2D eigenvalue weighted by atomic mass is 9.94. The Kier molecular flexibility index (Phi) is 6.22. The highest BCUT2D eigenvalue weighted by molar-refractivity contribution is 4.74. The summed E-state index contributed by atoms with van der Waals surface area (Å²) in [5, 5.41) is 0. The van der Waals surface area contributed by atoms with Crippen LogP contribution in [-0.4, -0.2) is 51.5 Å². The van der Waals surface area contributed by atoms with Gasteiger partial charge in [0.15, 0.2) is 0 Å². The van der Waals surface area contributed by atoms with E-state index in [1.165, 1.54) is 32.4 Å². The summed E-state index contributed by atoms with van der Waals surface area (Å²) in [4.78, 5) is 2.50. The molecule has 15 heavy (non-hydrogen) atoms. The third kappa shape index (κ3) is 4.49. The van der Waals surface area contributed by atoms with Crippen molar-refractivity contribution in [2.24, 2.45) is 5.92 Å². The van der Waals surface area contributed by atoms with Crippen molar-refractivity contribution in [2.45, 2.75) is 32.3 Å². The maximum atomic E-state index is 5.38. The Morgan fingerprint density at radius 3 is 2.40 bits per heavy atom. The standard InChI is InChI=1S/C12H25NO2/c1-4-11-5-7-13(8-6-11)9-12(15-3)10-14-2/h11-12H,4-10H2,1-3H3. The summed E-state index contributed by atoms with van der Waals surface area (Å²) in [6.45, 7) is 6.46. The van der Waals surface area contributed by atoms with Crippen molar-refractivity contribution in [3.63, 3.8) is 0 Å². The Morgan fingerprint density at radius 1 is 1.27 bits per heavy atom. The second-order valence-electron chi connectivity index (χ2n) is 4.47. The normalized spacial score (nSPS) is 21.8. The van der Waals surface area contributed by atoms with E-state index in [9.17, 15) is 0 Å². The fourth-order valence-electron chi connectivity index (χ4n) is 2.25. The minimum absolute atomic E-state index is 0.230. The van der Waals surface area contributed by atoms with Crippen molar-refractivity contribution in [2.75, 3.05) is 40.5 Å². The van der Waals surface area contributed by atoms with Crippen molar-refractivity contribution in [3.8, 4) is 0 Å². The van der Waals surface area contributed by atoms with Gasteiger partial charge in [-0.1, -0.05) is 13.3 Å². The molecule has 1 heterocycles. The molecule has 0 saturated carbocycles. The molecule has 3 heteroatoms. The molecule has 0 amide bonds. The zero-order valence-corrected chi connectivity index (χ0v) is 10.4. The lowest BCUT2D eigenvalue weighted by molar-refractivity contribution is -0.000105. The van der Waals surface area contributed by atoms with Gasteiger partial charge in [0.2, 0.25) is 0 Å². The number of likely N-dealkylation sites (tertiary alicyclic amines) is 1. The first-order valence-electron chi connectivity index (χ1n) is 6.04. The lowest BCUT2D eigenvalue weighted by Gasteiger charge is -2.33. The monoisotopic (exact) mass is 215 g/mol. The van der Waals surface area contributed by atoms with E-state index in [1.54, 1.807) is 14.2 Å². The van der Waals surface area contributed by atoms with E-state index in [2.05, 4.69) is 11.8 Å². The molecule has 0 N–H and O–H groups in total. The Morgan fingerprint density at radius 2 is 1.93 bits per heavy atom. The van der Waals surface area contributed by atoms with Gasteiger partial charge < -0.3 is 14.4 Å². The van der Waals surface area contributed by atoms with Crippen LogP contribution >= 0.6 is 0 Å². The largest absolute Gasteiger partial charge is 0.382 e. The molecule has 0 aromatic rings. The molecule has 1 aliphatic heterocycles. The molecule has 90 valence electrons. The molecule has 0 aromatic heterocycles.